The number of sulfonamides is 1. The second-order valence-corrected chi connectivity index (χ2v) is 8.25. The fourth-order valence-electron chi connectivity index (χ4n) is 2.31. The predicted molar refractivity (Wildman–Crippen MR) is 84.7 cm³/mol. The number of hydrogen-bond acceptors (Lipinski definition) is 6. The highest BCUT2D eigenvalue weighted by molar-refractivity contribution is 7.89. The highest BCUT2D eigenvalue weighted by atomic mass is 32.2. The number of nitrogens with zero attached hydrogens (tertiary/aromatic N) is 3. The molecule has 0 aliphatic rings. The van der Waals surface area contributed by atoms with Crippen LogP contribution in [0.15, 0.2) is 16.6 Å². The minimum atomic E-state index is -3.68. The van der Waals surface area contributed by atoms with Crippen LogP contribution in [0.1, 0.15) is 27.2 Å². The van der Waals surface area contributed by atoms with Crippen LogP contribution >= 0.6 is 11.3 Å². The van der Waals surface area contributed by atoms with Crippen molar-refractivity contribution in [2.45, 2.75) is 38.3 Å². The molecule has 2 aromatic rings. The summed E-state index contributed by atoms with van der Waals surface area (Å²) in [7, 11) is -2.09. The summed E-state index contributed by atoms with van der Waals surface area (Å²) in [5.74, 6) is 6.01. The second kappa shape index (κ2) is 5.91. The molecule has 0 radical (unpaired) electrons. The van der Waals surface area contributed by atoms with Gasteiger partial charge in [-0.15, -0.1) is 11.3 Å². The quantitative estimate of drug-likeness (QED) is 0.621. The van der Waals surface area contributed by atoms with Crippen LogP contribution in [0, 0.1) is 5.92 Å². The van der Waals surface area contributed by atoms with E-state index < -0.39 is 10.0 Å². The van der Waals surface area contributed by atoms with E-state index in [2.05, 4.69) is 24.3 Å². The van der Waals surface area contributed by atoms with Crippen LogP contribution < -0.4 is 11.3 Å². The lowest BCUT2D eigenvalue weighted by Gasteiger charge is -2.25. The lowest BCUT2D eigenvalue weighted by atomic mass is 10.1. The van der Waals surface area contributed by atoms with E-state index in [9.17, 15) is 8.42 Å². The minimum absolute atomic E-state index is 0.0827. The van der Waals surface area contributed by atoms with E-state index in [4.69, 9.17) is 5.84 Å². The van der Waals surface area contributed by atoms with Crippen molar-refractivity contribution in [2.24, 2.45) is 11.8 Å². The Labute approximate surface area is 128 Å². The molecule has 0 fully saturated rings. The predicted octanol–water partition coefficient (Wildman–Crippen LogP) is 1.74. The third kappa shape index (κ3) is 2.91. The van der Waals surface area contributed by atoms with E-state index in [1.165, 1.54) is 15.6 Å². The Morgan fingerprint density at radius 1 is 1.48 bits per heavy atom. The largest absolute Gasteiger partial charge is 0.306 e. The first-order valence-corrected chi connectivity index (χ1v) is 9.01. The Morgan fingerprint density at radius 3 is 2.71 bits per heavy atom. The van der Waals surface area contributed by atoms with E-state index in [1.807, 2.05) is 6.92 Å². The number of imidazole rings is 1. The van der Waals surface area contributed by atoms with Gasteiger partial charge in [0, 0.05) is 24.7 Å². The van der Waals surface area contributed by atoms with Crippen molar-refractivity contribution in [3.05, 3.63) is 11.6 Å². The first-order chi connectivity index (χ1) is 9.78. The monoisotopic (exact) mass is 331 g/mol. The second-order valence-electron chi connectivity index (χ2n) is 5.47. The Hall–Kier alpha value is -1.16. The molecule has 2 aromatic heterocycles. The zero-order valence-electron chi connectivity index (χ0n) is 12.6. The summed E-state index contributed by atoms with van der Waals surface area (Å²) in [6.07, 6.45) is 2.47. The van der Waals surface area contributed by atoms with Gasteiger partial charge in [-0.1, -0.05) is 13.8 Å². The molecule has 2 heterocycles. The van der Waals surface area contributed by atoms with Crippen LogP contribution in [-0.4, -0.2) is 35.2 Å². The molecule has 1 unspecified atom stereocenters. The number of nitrogens with one attached hydrogen (secondary N) is 1. The number of nitrogen functional groups attached to an aromatic ring is 1. The molecule has 2 rings (SSSR count). The van der Waals surface area contributed by atoms with E-state index >= 15 is 0 Å². The van der Waals surface area contributed by atoms with E-state index in [1.54, 1.807) is 23.0 Å². The maximum absolute atomic E-state index is 12.9. The molecule has 9 heteroatoms. The molecular formula is C12H21N5O2S2. The number of fused-ring (bicyclic) bond motifs is 1. The molecule has 3 N–H and O–H groups in total. The highest BCUT2D eigenvalue weighted by Gasteiger charge is 2.32. The average Bonchev–Trinajstić information content (AvgIpc) is 2.95. The maximum atomic E-state index is 12.9. The molecule has 0 bridgehead atoms. The Kier molecular flexibility index (Phi) is 4.57. The maximum Gasteiger partial charge on any atom is 0.262 e. The first kappa shape index (κ1) is 16.2. The Balaban J connectivity index is 2.48. The van der Waals surface area contributed by atoms with Crippen LogP contribution in [0.2, 0.25) is 0 Å². The first-order valence-electron chi connectivity index (χ1n) is 6.69. The normalized spacial score (nSPS) is 14.2. The van der Waals surface area contributed by atoms with Crippen molar-refractivity contribution in [1.82, 2.24) is 13.7 Å². The summed E-state index contributed by atoms with van der Waals surface area (Å²) in [5.41, 5.74) is 2.38. The van der Waals surface area contributed by atoms with Gasteiger partial charge in [-0.3, -0.25) is 4.40 Å². The Bertz CT molecular complexity index is 719. The molecule has 1 atom stereocenters. The van der Waals surface area contributed by atoms with Gasteiger partial charge < -0.3 is 5.43 Å². The van der Waals surface area contributed by atoms with Crippen LogP contribution in [0.4, 0.5) is 5.82 Å². The zero-order valence-corrected chi connectivity index (χ0v) is 14.2. The summed E-state index contributed by atoms with van der Waals surface area (Å²) in [6.45, 7) is 6.04. The van der Waals surface area contributed by atoms with Crippen molar-refractivity contribution in [2.75, 3.05) is 12.5 Å². The fourth-order valence-corrected chi connectivity index (χ4v) is 4.66. The zero-order chi connectivity index (χ0) is 15.8. The third-order valence-electron chi connectivity index (χ3n) is 3.41. The van der Waals surface area contributed by atoms with Gasteiger partial charge in [-0.05, 0) is 19.3 Å². The van der Waals surface area contributed by atoms with Gasteiger partial charge in [0.25, 0.3) is 10.0 Å². The minimum Gasteiger partial charge on any atom is -0.306 e. The van der Waals surface area contributed by atoms with Gasteiger partial charge in [-0.2, -0.15) is 9.29 Å². The molecule has 0 spiro atoms. The van der Waals surface area contributed by atoms with E-state index in [0.29, 0.717) is 10.9 Å². The van der Waals surface area contributed by atoms with Crippen LogP contribution in [0.5, 0.6) is 0 Å². The molecule has 0 amide bonds. The fraction of sp³-hybridized carbons (Fsp3) is 0.583. The number of hydrogen-bond donors (Lipinski definition) is 2. The molecular weight excluding hydrogens is 310 g/mol. The molecule has 0 saturated heterocycles. The van der Waals surface area contributed by atoms with E-state index in [0.717, 1.165) is 6.42 Å². The molecule has 0 aliphatic carbocycles. The van der Waals surface area contributed by atoms with Crippen molar-refractivity contribution in [3.8, 4) is 0 Å². The average molecular weight is 331 g/mol. The van der Waals surface area contributed by atoms with E-state index in [-0.39, 0.29) is 16.9 Å². The third-order valence-corrected chi connectivity index (χ3v) is 6.17. The standard InChI is InChI=1S/C12H21N5O2S2/c1-8(2)7-9(3)16(4)21(18,19)11-10(15-13)14-12-17(11)5-6-20-12/h5-6,8-9,15H,7,13H2,1-4H3. The SMILES string of the molecule is CC(C)CC(C)N(C)S(=O)(=O)c1c(NN)nc2sccn12. The number of anilines is 1. The number of rotatable bonds is 6. The summed E-state index contributed by atoms with van der Waals surface area (Å²) in [5, 5.41) is 1.87. The summed E-state index contributed by atoms with van der Waals surface area (Å²) in [4.78, 5) is 4.79. The molecule has 21 heavy (non-hydrogen) atoms. The van der Waals surface area contributed by atoms with Gasteiger partial charge >= 0.3 is 0 Å². The Morgan fingerprint density at radius 2 is 2.14 bits per heavy atom. The summed E-state index contributed by atoms with van der Waals surface area (Å²) >= 11 is 1.36. The van der Waals surface area contributed by atoms with Gasteiger partial charge in [0.05, 0.1) is 0 Å². The van der Waals surface area contributed by atoms with Crippen molar-refractivity contribution in [1.29, 1.82) is 0 Å². The van der Waals surface area contributed by atoms with Crippen LogP contribution in [-0.2, 0) is 10.0 Å². The van der Waals surface area contributed by atoms with Gasteiger partial charge in [0.1, 0.15) is 0 Å². The number of nitrogens with two attached hydrogens (primary N) is 1. The lowest BCUT2D eigenvalue weighted by Crippen LogP contribution is -2.37. The number of hydrazine groups is 1. The van der Waals surface area contributed by atoms with Gasteiger partial charge in [0.2, 0.25) is 5.03 Å². The van der Waals surface area contributed by atoms with Crippen molar-refractivity contribution < 1.29 is 8.42 Å². The lowest BCUT2D eigenvalue weighted by molar-refractivity contribution is 0.337. The van der Waals surface area contributed by atoms with Crippen LogP contribution in [0.25, 0.3) is 4.96 Å². The highest BCUT2D eigenvalue weighted by Crippen LogP contribution is 2.28. The summed E-state index contributed by atoms with van der Waals surface area (Å²) < 4.78 is 28.7. The van der Waals surface area contributed by atoms with Gasteiger partial charge in [-0.25, -0.2) is 14.3 Å². The van der Waals surface area contributed by atoms with Crippen LogP contribution in [0.3, 0.4) is 0 Å². The molecule has 0 aliphatic heterocycles. The number of thiazole rings is 1. The van der Waals surface area contributed by atoms with Crippen molar-refractivity contribution in [3.63, 3.8) is 0 Å². The number of aromatic nitrogens is 2. The molecule has 0 aromatic carbocycles. The van der Waals surface area contributed by atoms with Crippen molar-refractivity contribution >= 4 is 32.1 Å². The molecule has 0 saturated carbocycles. The summed E-state index contributed by atoms with van der Waals surface area (Å²) in [6, 6.07) is -0.107. The molecule has 118 valence electrons. The molecule has 7 nitrogen and oxygen atoms in total. The smallest absolute Gasteiger partial charge is 0.262 e. The topological polar surface area (TPSA) is 92.7 Å². The van der Waals surface area contributed by atoms with Gasteiger partial charge in [0.15, 0.2) is 10.8 Å².